The average molecular weight is 291 g/mol. The van der Waals surface area contributed by atoms with Crippen molar-refractivity contribution < 1.29 is 9.90 Å². The summed E-state index contributed by atoms with van der Waals surface area (Å²) in [6, 6.07) is 10.5. The number of hydrogen-bond acceptors (Lipinski definition) is 3. The predicted octanol–water partition coefficient (Wildman–Crippen LogP) is 3.07. The van der Waals surface area contributed by atoms with E-state index in [2.05, 4.69) is 5.32 Å². The molecule has 2 aromatic carbocycles. The standard InChI is InChI=1S/C15H15ClN2O2/c1-9-3-2-4-10(14(9)19)8-18-11-5-6-12(15(17)20)13(16)7-11/h2-7,18-19H,8H2,1H3,(H2,17,20). The van der Waals surface area contributed by atoms with Crippen LogP contribution >= 0.6 is 11.6 Å². The molecule has 0 aliphatic carbocycles. The molecule has 2 rings (SSSR count). The highest BCUT2D eigenvalue weighted by Gasteiger charge is 2.08. The van der Waals surface area contributed by atoms with Crippen LogP contribution in [0.5, 0.6) is 5.75 Å². The summed E-state index contributed by atoms with van der Waals surface area (Å²) in [5.41, 5.74) is 7.84. The molecule has 0 aliphatic heterocycles. The number of primary amides is 1. The van der Waals surface area contributed by atoms with Crippen molar-refractivity contribution in [3.05, 3.63) is 58.1 Å². The molecular weight excluding hydrogens is 276 g/mol. The first-order chi connectivity index (χ1) is 9.49. The number of benzene rings is 2. The number of aryl methyl sites for hydroxylation is 1. The second-order valence-electron chi connectivity index (χ2n) is 4.50. The smallest absolute Gasteiger partial charge is 0.250 e. The largest absolute Gasteiger partial charge is 0.507 e. The van der Waals surface area contributed by atoms with Crippen LogP contribution in [0.25, 0.3) is 0 Å². The number of anilines is 1. The fraction of sp³-hybridized carbons (Fsp3) is 0.133. The van der Waals surface area contributed by atoms with Gasteiger partial charge in [0.15, 0.2) is 0 Å². The van der Waals surface area contributed by atoms with E-state index in [0.717, 1.165) is 16.8 Å². The van der Waals surface area contributed by atoms with Gasteiger partial charge in [0.2, 0.25) is 5.91 Å². The van der Waals surface area contributed by atoms with Crippen molar-refractivity contribution in [3.63, 3.8) is 0 Å². The van der Waals surface area contributed by atoms with Crippen LogP contribution < -0.4 is 11.1 Å². The maximum Gasteiger partial charge on any atom is 0.250 e. The maximum atomic E-state index is 11.1. The number of aromatic hydroxyl groups is 1. The van der Waals surface area contributed by atoms with Crippen LogP contribution in [0.3, 0.4) is 0 Å². The minimum absolute atomic E-state index is 0.278. The van der Waals surface area contributed by atoms with Crippen molar-refractivity contribution >= 4 is 23.2 Å². The van der Waals surface area contributed by atoms with Gasteiger partial charge < -0.3 is 16.2 Å². The Kier molecular flexibility index (Phi) is 4.15. The molecule has 0 saturated carbocycles. The van der Waals surface area contributed by atoms with Gasteiger partial charge in [0.1, 0.15) is 5.75 Å². The fourth-order valence-electron chi connectivity index (χ4n) is 1.88. The summed E-state index contributed by atoms with van der Waals surface area (Å²) in [7, 11) is 0. The lowest BCUT2D eigenvalue weighted by Gasteiger charge is -2.10. The maximum absolute atomic E-state index is 11.1. The van der Waals surface area contributed by atoms with Crippen LogP contribution in [0.15, 0.2) is 36.4 Å². The van der Waals surface area contributed by atoms with Crippen molar-refractivity contribution in [1.82, 2.24) is 0 Å². The van der Waals surface area contributed by atoms with Crippen LogP contribution in [-0.4, -0.2) is 11.0 Å². The molecule has 0 spiro atoms. The van der Waals surface area contributed by atoms with Gasteiger partial charge in [0, 0.05) is 17.8 Å². The highest BCUT2D eigenvalue weighted by Crippen LogP contribution is 2.24. The van der Waals surface area contributed by atoms with Gasteiger partial charge in [-0.3, -0.25) is 4.79 Å². The molecule has 5 heteroatoms. The number of hydrogen-bond donors (Lipinski definition) is 3. The Balaban J connectivity index is 2.13. The van der Waals surface area contributed by atoms with Gasteiger partial charge in [-0.15, -0.1) is 0 Å². The quantitative estimate of drug-likeness (QED) is 0.810. The molecular formula is C15H15ClN2O2. The molecule has 0 unspecified atom stereocenters. The molecule has 2 aromatic rings. The topological polar surface area (TPSA) is 75.3 Å². The Hall–Kier alpha value is -2.20. The van der Waals surface area contributed by atoms with Gasteiger partial charge in [-0.25, -0.2) is 0 Å². The molecule has 4 N–H and O–H groups in total. The first-order valence-electron chi connectivity index (χ1n) is 6.09. The zero-order valence-electron chi connectivity index (χ0n) is 11.0. The summed E-state index contributed by atoms with van der Waals surface area (Å²) < 4.78 is 0. The van der Waals surface area contributed by atoms with E-state index in [4.69, 9.17) is 17.3 Å². The van der Waals surface area contributed by atoms with Crippen LogP contribution in [0.4, 0.5) is 5.69 Å². The van der Waals surface area contributed by atoms with E-state index in [1.807, 2.05) is 25.1 Å². The minimum atomic E-state index is -0.558. The number of carbonyl (C=O) groups is 1. The number of phenolic OH excluding ortho intramolecular Hbond substituents is 1. The van der Waals surface area contributed by atoms with Crippen molar-refractivity contribution in [3.8, 4) is 5.75 Å². The van der Waals surface area contributed by atoms with E-state index >= 15 is 0 Å². The van der Waals surface area contributed by atoms with Crippen LogP contribution in [0, 0.1) is 6.92 Å². The molecule has 0 fully saturated rings. The molecule has 0 heterocycles. The second kappa shape index (κ2) is 5.84. The monoisotopic (exact) mass is 290 g/mol. The normalized spacial score (nSPS) is 10.3. The van der Waals surface area contributed by atoms with E-state index in [0.29, 0.717) is 11.6 Å². The van der Waals surface area contributed by atoms with Gasteiger partial charge >= 0.3 is 0 Å². The fourth-order valence-corrected chi connectivity index (χ4v) is 2.16. The highest BCUT2D eigenvalue weighted by molar-refractivity contribution is 6.34. The molecule has 104 valence electrons. The number of nitrogens with two attached hydrogens (primary N) is 1. The predicted molar refractivity (Wildman–Crippen MR) is 80.1 cm³/mol. The number of nitrogens with one attached hydrogen (secondary N) is 1. The summed E-state index contributed by atoms with van der Waals surface area (Å²) in [6.45, 7) is 2.30. The van der Waals surface area contributed by atoms with Crippen LogP contribution in [-0.2, 0) is 6.54 Å². The lowest BCUT2D eigenvalue weighted by atomic mass is 10.1. The molecule has 0 saturated heterocycles. The third kappa shape index (κ3) is 3.03. The number of phenols is 1. The van der Waals surface area contributed by atoms with E-state index in [1.54, 1.807) is 18.2 Å². The summed E-state index contributed by atoms with van der Waals surface area (Å²) >= 11 is 5.97. The Bertz CT molecular complexity index is 656. The molecule has 0 aliphatic rings. The average Bonchev–Trinajstić information content (AvgIpc) is 2.40. The first-order valence-corrected chi connectivity index (χ1v) is 6.47. The Morgan fingerprint density at radius 3 is 2.75 bits per heavy atom. The van der Waals surface area contributed by atoms with Crippen LogP contribution in [0.2, 0.25) is 5.02 Å². The van der Waals surface area contributed by atoms with E-state index in [1.165, 1.54) is 0 Å². The zero-order chi connectivity index (χ0) is 14.7. The number of amides is 1. The number of para-hydroxylation sites is 1. The second-order valence-corrected chi connectivity index (χ2v) is 4.90. The zero-order valence-corrected chi connectivity index (χ0v) is 11.7. The summed E-state index contributed by atoms with van der Waals surface area (Å²) in [5.74, 6) is -0.280. The lowest BCUT2D eigenvalue weighted by molar-refractivity contribution is 0.100. The third-order valence-corrected chi connectivity index (χ3v) is 3.35. The molecule has 0 radical (unpaired) electrons. The van der Waals surface area contributed by atoms with Gasteiger partial charge in [0.05, 0.1) is 10.6 Å². The van der Waals surface area contributed by atoms with E-state index in [-0.39, 0.29) is 11.3 Å². The summed E-state index contributed by atoms with van der Waals surface area (Å²) in [6.07, 6.45) is 0. The Morgan fingerprint density at radius 2 is 2.10 bits per heavy atom. The van der Waals surface area contributed by atoms with Crippen LogP contribution in [0.1, 0.15) is 21.5 Å². The van der Waals surface area contributed by atoms with Crippen molar-refractivity contribution in [1.29, 1.82) is 0 Å². The molecule has 1 amide bonds. The van der Waals surface area contributed by atoms with E-state index in [9.17, 15) is 9.90 Å². The summed E-state index contributed by atoms with van der Waals surface area (Å²) in [5, 5.41) is 13.4. The number of halogens is 1. The SMILES string of the molecule is Cc1cccc(CNc2ccc(C(N)=O)c(Cl)c2)c1O. The van der Waals surface area contributed by atoms with Crippen molar-refractivity contribution in [2.24, 2.45) is 5.73 Å². The summed E-state index contributed by atoms with van der Waals surface area (Å²) in [4.78, 5) is 11.1. The van der Waals surface area contributed by atoms with Gasteiger partial charge in [-0.1, -0.05) is 29.8 Å². The number of carbonyl (C=O) groups excluding carboxylic acids is 1. The van der Waals surface area contributed by atoms with Crippen molar-refractivity contribution in [2.45, 2.75) is 13.5 Å². The molecule has 0 aromatic heterocycles. The molecule has 0 bridgehead atoms. The first kappa shape index (κ1) is 14.2. The lowest BCUT2D eigenvalue weighted by Crippen LogP contribution is -2.11. The Labute approximate surface area is 122 Å². The van der Waals surface area contributed by atoms with Gasteiger partial charge in [0.25, 0.3) is 0 Å². The minimum Gasteiger partial charge on any atom is -0.507 e. The molecule has 20 heavy (non-hydrogen) atoms. The molecule has 4 nitrogen and oxygen atoms in total. The third-order valence-electron chi connectivity index (χ3n) is 3.04. The van der Waals surface area contributed by atoms with Gasteiger partial charge in [-0.2, -0.15) is 0 Å². The van der Waals surface area contributed by atoms with E-state index < -0.39 is 5.91 Å². The van der Waals surface area contributed by atoms with Gasteiger partial charge in [-0.05, 0) is 30.7 Å². The molecule has 0 atom stereocenters. The van der Waals surface area contributed by atoms with Crippen molar-refractivity contribution in [2.75, 3.05) is 5.32 Å². The highest BCUT2D eigenvalue weighted by atomic mass is 35.5. The number of rotatable bonds is 4. The Morgan fingerprint density at radius 1 is 1.35 bits per heavy atom.